The summed E-state index contributed by atoms with van der Waals surface area (Å²) in [4.78, 5) is 5.20. The third kappa shape index (κ3) is 3.63. The van der Waals surface area contributed by atoms with Gasteiger partial charge in [0.15, 0.2) is 0 Å². The highest BCUT2D eigenvalue weighted by molar-refractivity contribution is 5.98. The molecule has 0 spiro atoms. The van der Waals surface area contributed by atoms with E-state index in [1.165, 1.54) is 22.3 Å². The van der Waals surface area contributed by atoms with Crippen molar-refractivity contribution in [3.8, 4) is 39.3 Å². The van der Waals surface area contributed by atoms with Gasteiger partial charge in [-0.1, -0.05) is 84.9 Å². The van der Waals surface area contributed by atoms with Gasteiger partial charge in [-0.2, -0.15) is 0 Å². The normalized spacial score (nSPS) is 11.4. The zero-order valence-electron chi connectivity index (χ0n) is 21.3. The van der Waals surface area contributed by atoms with E-state index < -0.39 is 0 Å². The van der Waals surface area contributed by atoms with E-state index in [1.807, 2.05) is 12.3 Å². The lowest BCUT2D eigenvalue weighted by molar-refractivity contribution is 0.616. The molecule has 2 heterocycles. The number of nitrogens with zero attached hydrogens (tertiary/aromatic N) is 2. The number of rotatable bonds is 4. The van der Waals surface area contributed by atoms with Crippen LogP contribution in [0.4, 0.5) is 0 Å². The summed E-state index contributed by atoms with van der Waals surface area (Å²) in [6, 6.07) is 40.5. The van der Waals surface area contributed by atoms with Gasteiger partial charge in [0, 0.05) is 16.5 Å². The summed E-state index contributed by atoms with van der Waals surface area (Å²) >= 11 is 0. The highest BCUT2D eigenvalue weighted by Crippen LogP contribution is 2.42. The second-order valence-corrected chi connectivity index (χ2v) is 9.85. The minimum absolute atomic E-state index is 0.868. The van der Waals surface area contributed by atoms with Crippen molar-refractivity contribution in [2.75, 3.05) is 0 Å². The minimum atomic E-state index is 0.868. The Morgan fingerprint density at radius 3 is 1.92 bits per heavy atom. The summed E-state index contributed by atoms with van der Waals surface area (Å²) < 4.78 is 8.39. The third-order valence-electron chi connectivity index (χ3n) is 7.18. The molecule has 7 aromatic rings. The number of hydrogen-bond donors (Lipinski definition) is 0. The predicted octanol–water partition coefficient (Wildman–Crippen LogP) is 9.39. The maximum atomic E-state index is 6.07. The number of hydrogen-bond acceptors (Lipinski definition) is 2. The molecule has 0 bridgehead atoms. The van der Waals surface area contributed by atoms with Crippen LogP contribution < -0.4 is 0 Å². The average molecular weight is 491 g/mol. The van der Waals surface area contributed by atoms with Gasteiger partial charge in [-0.3, -0.25) is 4.57 Å². The van der Waals surface area contributed by atoms with Crippen molar-refractivity contribution < 1.29 is 4.42 Å². The SMILES string of the molecule is Cc1cc(-c2ccccc2)c(-n2c(-c3coc4cc(C)ccc34)nc3ccccc32)c(-c2ccccc2)c1. The Morgan fingerprint density at radius 2 is 1.24 bits per heavy atom. The van der Waals surface area contributed by atoms with Gasteiger partial charge in [-0.25, -0.2) is 4.98 Å². The first kappa shape index (κ1) is 22.3. The number of aryl methyl sites for hydroxylation is 2. The molecule has 0 amide bonds. The highest BCUT2D eigenvalue weighted by atomic mass is 16.3. The van der Waals surface area contributed by atoms with Gasteiger partial charge in [0.05, 0.1) is 22.3 Å². The summed E-state index contributed by atoms with van der Waals surface area (Å²) in [5.41, 5.74) is 12.0. The molecule has 0 aliphatic heterocycles. The van der Waals surface area contributed by atoms with Gasteiger partial charge in [-0.05, 0) is 66.4 Å². The number of aromatic nitrogens is 2. The summed E-state index contributed by atoms with van der Waals surface area (Å²) in [6.45, 7) is 4.25. The zero-order valence-corrected chi connectivity index (χ0v) is 21.3. The lowest BCUT2D eigenvalue weighted by Gasteiger charge is -2.20. The van der Waals surface area contributed by atoms with Crippen molar-refractivity contribution in [1.29, 1.82) is 0 Å². The van der Waals surface area contributed by atoms with E-state index >= 15 is 0 Å². The van der Waals surface area contributed by atoms with Crippen molar-refractivity contribution in [2.24, 2.45) is 0 Å². The van der Waals surface area contributed by atoms with Crippen LogP contribution in [-0.4, -0.2) is 9.55 Å². The van der Waals surface area contributed by atoms with Crippen molar-refractivity contribution >= 4 is 22.0 Å². The molecule has 38 heavy (non-hydrogen) atoms. The number of furan rings is 1. The van der Waals surface area contributed by atoms with Crippen LogP contribution in [0.3, 0.4) is 0 Å². The van der Waals surface area contributed by atoms with Crippen LogP contribution in [0.2, 0.25) is 0 Å². The second-order valence-electron chi connectivity index (χ2n) is 9.85. The minimum Gasteiger partial charge on any atom is -0.464 e. The molecule has 0 saturated heterocycles. The fraction of sp³-hybridized carbons (Fsp3) is 0.0571. The molecule has 2 aromatic heterocycles. The third-order valence-corrected chi connectivity index (χ3v) is 7.18. The molecule has 3 nitrogen and oxygen atoms in total. The number of para-hydroxylation sites is 2. The van der Waals surface area contributed by atoms with Crippen LogP contribution in [-0.2, 0) is 0 Å². The monoisotopic (exact) mass is 490 g/mol. The van der Waals surface area contributed by atoms with E-state index in [0.29, 0.717) is 0 Å². The van der Waals surface area contributed by atoms with E-state index in [4.69, 9.17) is 9.40 Å². The highest BCUT2D eigenvalue weighted by Gasteiger charge is 2.23. The van der Waals surface area contributed by atoms with Crippen LogP contribution in [0, 0.1) is 13.8 Å². The quantitative estimate of drug-likeness (QED) is 0.246. The fourth-order valence-electron chi connectivity index (χ4n) is 5.44. The van der Waals surface area contributed by atoms with E-state index in [9.17, 15) is 0 Å². The van der Waals surface area contributed by atoms with E-state index in [1.54, 1.807) is 0 Å². The molecule has 0 N–H and O–H groups in total. The van der Waals surface area contributed by atoms with Crippen molar-refractivity contribution in [2.45, 2.75) is 13.8 Å². The fourth-order valence-corrected chi connectivity index (χ4v) is 5.44. The van der Waals surface area contributed by atoms with Crippen LogP contribution >= 0.6 is 0 Å². The van der Waals surface area contributed by atoms with E-state index in [2.05, 4.69) is 128 Å². The Hall–Kier alpha value is -4.89. The van der Waals surface area contributed by atoms with Crippen molar-refractivity contribution in [3.05, 3.63) is 133 Å². The van der Waals surface area contributed by atoms with Gasteiger partial charge < -0.3 is 4.42 Å². The lowest BCUT2D eigenvalue weighted by atomic mass is 9.93. The molecule has 0 atom stereocenters. The van der Waals surface area contributed by atoms with Gasteiger partial charge >= 0.3 is 0 Å². The Balaban J connectivity index is 1.64. The molecule has 7 rings (SSSR count). The molecule has 0 saturated carbocycles. The Bertz CT molecular complexity index is 1870. The molecular formula is C35H26N2O. The molecule has 0 aliphatic carbocycles. The lowest BCUT2D eigenvalue weighted by Crippen LogP contribution is -2.03. The number of fused-ring (bicyclic) bond motifs is 2. The van der Waals surface area contributed by atoms with E-state index in [0.717, 1.165) is 50.2 Å². The van der Waals surface area contributed by atoms with Gasteiger partial charge in [0.25, 0.3) is 0 Å². The molecule has 0 fully saturated rings. The smallest absolute Gasteiger partial charge is 0.149 e. The molecular weight excluding hydrogens is 464 g/mol. The van der Waals surface area contributed by atoms with Crippen molar-refractivity contribution in [1.82, 2.24) is 9.55 Å². The van der Waals surface area contributed by atoms with Gasteiger partial charge in [-0.15, -0.1) is 0 Å². The molecule has 182 valence electrons. The second kappa shape index (κ2) is 8.89. The summed E-state index contributed by atoms with van der Waals surface area (Å²) in [7, 11) is 0. The average Bonchev–Trinajstić information content (AvgIpc) is 3.54. The zero-order chi connectivity index (χ0) is 25.6. The van der Waals surface area contributed by atoms with Crippen LogP contribution in [0.25, 0.3) is 61.3 Å². The maximum absolute atomic E-state index is 6.07. The Labute approximate surface area is 221 Å². The first-order valence-corrected chi connectivity index (χ1v) is 12.9. The number of benzene rings is 5. The van der Waals surface area contributed by atoms with Crippen molar-refractivity contribution in [3.63, 3.8) is 0 Å². The van der Waals surface area contributed by atoms with Crippen LogP contribution in [0.15, 0.2) is 126 Å². The number of imidazole rings is 1. The van der Waals surface area contributed by atoms with E-state index in [-0.39, 0.29) is 0 Å². The molecule has 5 aromatic carbocycles. The Morgan fingerprint density at radius 1 is 0.605 bits per heavy atom. The summed E-state index contributed by atoms with van der Waals surface area (Å²) in [5, 5.41) is 1.06. The summed E-state index contributed by atoms with van der Waals surface area (Å²) in [6.07, 6.45) is 1.85. The maximum Gasteiger partial charge on any atom is 0.149 e. The molecule has 0 radical (unpaired) electrons. The van der Waals surface area contributed by atoms with Gasteiger partial charge in [0.1, 0.15) is 17.7 Å². The van der Waals surface area contributed by atoms with Crippen LogP contribution in [0.5, 0.6) is 0 Å². The molecule has 0 aliphatic rings. The standard InChI is InChI=1S/C35H26N2O/c1-23-17-18-27-30(22-38-33(27)21-23)35-36-31-15-9-10-16-32(31)37(35)34-28(25-11-5-3-6-12-25)19-24(2)20-29(34)26-13-7-4-8-14-26/h3-22H,1-2H3. The Kier molecular flexibility index (Phi) is 5.22. The summed E-state index contributed by atoms with van der Waals surface area (Å²) in [5.74, 6) is 0.868. The topological polar surface area (TPSA) is 31.0 Å². The molecule has 0 unspecified atom stereocenters. The first-order chi connectivity index (χ1) is 18.7. The largest absolute Gasteiger partial charge is 0.464 e. The van der Waals surface area contributed by atoms with Gasteiger partial charge in [0.2, 0.25) is 0 Å². The molecule has 3 heteroatoms. The first-order valence-electron chi connectivity index (χ1n) is 12.9. The van der Waals surface area contributed by atoms with Crippen LogP contribution in [0.1, 0.15) is 11.1 Å². The predicted molar refractivity (Wildman–Crippen MR) is 157 cm³/mol.